The van der Waals surface area contributed by atoms with Crippen LogP contribution in [-0.4, -0.2) is 24.7 Å². The highest BCUT2D eigenvalue weighted by Gasteiger charge is 2.14. The molecule has 3 heterocycles. The smallest absolute Gasteiger partial charge is 0.116 e. The van der Waals surface area contributed by atoms with Gasteiger partial charge in [0.2, 0.25) is 0 Å². The van der Waals surface area contributed by atoms with Crippen molar-refractivity contribution in [2.45, 2.75) is 6.92 Å². The Hall–Kier alpha value is -2.50. The van der Waals surface area contributed by atoms with E-state index in [0.29, 0.717) is 15.7 Å². The molecule has 24 heavy (non-hydrogen) atoms. The standard InChI is InChI=1S/C17H11Cl2N5/c1-10-7-15(22-9-21-10)16-11-8-24(23-14(11)5-6-20-16)17-12(18)3-2-4-13(17)19/h2-9H,1H3. The molecule has 118 valence electrons. The third kappa shape index (κ3) is 2.52. The van der Waals surface area contributed by atoms with E-state index >= 15 is 0 Å². The van der Waals surface area contributed by atoms with Crippen molar-refractivity contribution in [2.75, 3.05) is 0 Å². The number of hydrogen-bond acceptors (Lipinski definition) is 4. The Morgan fingerprint density at radius 3 is 2.54 bits per heavy atom. The molecule has 1 aromatic carbocycles. The maximum absolute atomic E-state index is 6.29. The molecule has 0 fully saturated rings. The van der Waals surface area contributed by atoms with Crippen LogP contribution < -0.4 is 0 Å². The molecule has 0 unspecified atom stereocenters. The van der Waals surface area contributed by atoms with Crippen LogP contribution in [0.5, 0.6) is 0 Å². The van der Waals surface area contributed by atoms with Gasteiger partial charge in [-0.25, -0.2) is 14.6 Å². The number of fused-ring (bicyclic) bond motifs is 1. The quantitative estimate of drug-likeness (QED) is 0.531. The van der Waals surface area contributed by atoms with Crippen LogP contribution in [0.25, 0.3) is 28.0 Å². The predicted octanol–water partition coefficient (Wildman–Crippen LogP) is 4.49. The molecule has 0 aliphatic carbocycles. The van der Waals surface area contributed by atoms with Crippen LogP contribution in [0.1, 0.15) is 5.69 Å². The van der Waals surface area contributed by atoms with Crippen molar-refractivity contribution in [3.05, 3.63) is 64.8 Å². The average Bonchev–Trinajstić information content (AvgIpc) is 2.98. The number of benzene rings is 1. The molecule has 0 radical (unpaired) electrons. The molecule has 5 nitrogen and oxygen atoms in total. The van der Waals surface area contributed by atoms with Gasteiger partial charge in [0, 0.05) is 23.5 Å². The van der Waals surface area contributed by atoms with E-state index in [2.05, 4.69) is 20.1 Å². The molecule has 0 aliphatic rings. The van der Waals surface area contributed by atoms with Gasteiger partial charge in [-0.3, -0.25) is 4.98 Å². The summed E-state index contributed by atoms with van der Waals surface area (Å²) in [5.74, 6) is 0. The second kappa shape index (κ2) is 5.85. The maximum atomic E-state index is 6.29. The fourth-order valence-electron chi connectivity index (χ4n) is 2.56. The summed E-state index contributed by atoms with van der Waals surface area (Å²) in [6.45, 7) is 1.91. The number of para-hydroxylation sites is 1. The summed E-state index contributed by atoms with van der Waals surface area (Å²) in [5.41, 5.74) is 3.79. The second-order valence-corrected chi connectivity index (χ2v) is 6.10. The maximum Gasteiger partial charge on any atom is 0.116 e. The van der Waals surface area contributed by atoms with Gasteiger partial charge in [0.05, 0.1) is 26.9 Å². The lowest BCUT2D eigenvalue weighted by molar-refractivity contribution is 0.897. The van der Waals surface area contributed by atoms with Gasteiger partial charge >= 0.3 is 0 Å². The Labute approximate surface area is 147 Å². The molecule has 0 N–H and O–H groups in total. The van der Waals surface area contributed by atoms with E-state index in [0.717, 1.165) is 28.0 Å². The van der Waals surface area contributed by atoms with Crippen LogP contribution in [0.3, 0.4) is 0 Å². The summed E-state index contributed by atoms with van der Waals surface area (Å²) in [6.07, 6.45) is 5.10. The van der Waals surface area contributed by atoms with Crippen molar-refractivity contribution in [2.24, 2.45) is 0 Å². The number of hydrogen-bond donors (Lipinski definition) is 0. The van der Waals surface area contributed by atoms with Crippen LogP contribution >= 0.6 is 23.2 Å². The minimum absolute atomic E-state index is 0.530. The van der Waals surface area contributed by atoms with Gasteiger partial charge in [0.15, 0.2) is 0 Å². The Morgan fingerprint density at radius 2 is 1.79 bits per heavy atom. The molecule has 0 spiro atoms. The average molecular weight is 356 g/mol. The highest BCUT2D eigenvalue weighted by atomic mass is 35.5. The fraction of sp³-hybridized carbons (Fsp3) is 0.0588. The molecular formula is C17H11Cl2N5. The van der Waals surface area contributed by atoms with Crippen LogP contribution in [-0.2, 0) is 0 Å². The molecule has 7 heteroatoms. The fourth-order valence-corrected chi connectivity index (χ4v) is 3.13. The van der Waals surface area contributed by atoms with Crippen molar-refractivity contribution < 1.29 is 0 Å². The highest BCUT2D eigenvalue weighted by molar-refractivity contribution is 6.37. The molecule has 0 atom stereocenters. The predicted molar refractivity (Wildman–Crippen MR) is 94.6 cm³/mol. The minimum atomic E-state index is 0.530. The zero-order chi connectivity index (χ0) is 16.7. The minimum Gasteiger partial charge on any atom is -0.254 e. The molecule has 0 saturated heterocycles. The molecule has 4 aromatic rings. The lowest BCUT2D eigenvalue weighted by atomic mass is 10.2. The van der Waals surface area contributed by atoms with Crippen LogP contribution in [0.4, 0.5) is 0 Å². The molecule has 4 rings (SSSR count). The number of nitrogens with zero attached hydrogens (tertiary/aromatic N) is 5. The van der Waals surface area contributed by atoms with E-state index in [1.54, 1.807) is 29.1 Å². The van der Waals surface area contributed by atoms with Gasteiger partial charge in [-0.1, -0.05) is 29.3 Å². The zero-order valence-electron chi connectivity index (χ0n) is 12.6. The first-order chi connectivity index (χ1) is 11.6. The first kappa shape index (κ1) is 15.1. The number of pyridine rings is 1. The highest BCUT2D eigenvalue weighted by Crippen LogP contribution is 2.31. The van der Waals surface area contributed by atoms with Crippen molar-refractivity contribution >= 4 is 34.1 Å². The third-order valence-corrected chi connectivity index (χ3v) is 4.26. The van der Waals surface area contributed by atoms with Crippen LogP contribution in [0.15, 0.2) is 49.1 Å². The van der Waals surface area contributed by atoms with Crippen molar-refractivity contribution in [1.82, 2.24) is 24.7 Å². The van der Waals surface area contributed by atoms with E-state index in [1.807, 2.05) is 25.3 Å². The Bertz CT molecular complexity index is 1040. The lowest BCUT2D eigenvalue weighted by Crippen LogP contribution is -1.96. The zero-order valence-corrected chi connectivity index (χ0v) is 14.1. The summed E-state index contributed by atoms with van der Waals surface area (Å²) in [6, 6.07) is 9.09. The first-order valence-electron chi connectivity index (χ1n) is 7.21. The largest absolute Gasteiger partial charge is 0.254 e. The van der Waals surface area contributed by atoms with Gasteiger partial charge in [0.25, 0.3) is 0 Å². The normalized spacial score (nSPS) is 11.1. The molecule has 0 saturated carbocycles. The summed E-state index contributed by atoms with van der Waals surface area (Å²) in [5, 5.41) is 6.51. The lowest BCUT2D eigenvalue weighted by Gasteiger charge is -2.05. The molecule has 0 amide bonds. The number of aryl methyl sites for hydroxylation is 1. The number of rotatable bonds is 2. The van der Waals surface area contributed by atoms with E-state index in [-0.39, 0.29) is 0 Å². The Kier molecular flexibility index (Phi) is 3.67. The van der Waals surface area contributed by atoms with Gasteiger partial charge in [-0.2, -0.15) is 5.10 Å². The second-order valence-electron chi connectivity index (χ2n) is 5.28. The number of halogens is 2. The van der Waals surface area contributed by atoms with Gasteiger partial charge in [-0.05, 0) is 31.2 Å². The van der Waals surface area contributed by atoms with Crippen molar-refractivity contribution in [3.63, 3.8) is 0 Å². The molecular weight excluding hydrogens is 345 g/mol. The summed E-state index contributed by atoms with van der Waals surface area (Å²) in [7, 11) is 0. The summed E-state index contributed by atoms with van der Waals surface area (Å²) in [4.78, 5) is 12.9. The molecule has 3 aromatic heterocycles. The van der Waals surface area contributed by atoms with Crippen LogP contribution in [0.2, 0.25) is 10.0 Å². The number of aromatic nitrogens is 5. The third-order valence-electron chi connectivity index (χ3n) is 3.65. The van der Waals surface area contributed by atoms with Crippen molar-refractivity contribution in [1.29, 1.82) is 0 Å². The van der Waals surface area contributed by atoms with Gasteiger partial charge in [0.1, 0.15) is 12.0 Å². The van der Waals surface area contributed by atoms with Gasteiger partial charge < -0.3 is 0 Å². The van der Waals surface area contributed by atoms with E-state index in [4.69, 9.17) is 23.2 Å². The molecule has 0 aliphatic heterocycles. The summed E-state index contributed by atoms with van der Waals surface area (Å²) < 4.78 is 1.68. The van der Waals surface area contributed by atoms with Gasteiger partial charge in [-0.15, -0.1) is 0 Å². The SMILES string of the molecule is Cc1cc(-c2nccc3nn(-c4c(Cl)cccc4Cl)cc23)ncn1. The van der Waals surface area contributed by atoms with E-state index in [9.17, 15) is 0 Å². The molecule has 0 bridgehead atoms. The van der Waals surface area contributed by atoms with Crippen molar-refractivity contribution in [3.8, 4) is 17.1 Å². The van der Waals surface area contributed by atoms with E-state index in [1.165, 1.54) is 6.33 Å². The summed E-state index contributed by atoms with van der Waals surface area (Å²) >= 11 is 12.6. The Morgan fingerprint density at radius 1 is 1.00 bits per heavy atom. The van der Waals surface area contributed by atoms with E-state index < -0.39 is 0 Å². The topological polar surface area (TPSA) is 56.5 Å². The monoisotopic (exact) mass is 355 g/mol. The first-order valence-corrected chi connectivity index (χ1v) is 7.97. The Balaban J connectivity index is 1.95. The van der Waals surface area contributed by atoms with Crippen LogP contribution in [0, 0.1) is 6.92 Å².